The number of hydrogen-bond acceptors (Lipinski definition) is 4. The molecule has 0 radical (unpaired) electrons. The topological polar surface area (TPSA) is 81.9 Å². The van der Waals surface area contributed by atoms with E-state index in [1.807, 2.05) is 11.9 Å². The largest absolute Gasteiger partial charge is 0.493 e. The Hall–Kier alpha value is -2.50. The molecule has 0 spiro atoms. The standard InChI is InChI=1S/C19H26N2O4/c1-21(15-6-4-3-5-7-15)19(23)11-9-14-8-10-16(17(12-14)24-2)25-13-18(20)22/h8-12,15H,3-7,13H2,1-2H3,(H2,20,22). The molecule has 1 aliphatic carbocycles. The van der Waals surface area contributed by atoms with E-state index in [0.29, 0.717) is 17.5 Å². The molecule has 0 aliphatic heterocycles. The highest BCUT2D eigenvalue weighted by Crippen LogP contribution is 2.28. The van der Waals surface area contributed by atoms with Gasteiger partial charge in [-0.05, 0) is 36.6 Å². The average Bonchev–Trinajstić information content (AvgIpc) is 2.64. The molecule has 2 amide bonds. The van der Waals surface area contributed by atoms with Crippen molar-refractivity contribution in [2.75, 3.05) is 20.8 Å². The Balaban J connectivity index is 2.01. The van der Waals surface area contributed by atoms with E-state index in [2.05, 4.69) is 0 Å². The van der Waals surface area contributed by atoms with E-state index in [9.17, 15) is 9.59 Å². The van der Waals surface area contributed by atoms with Crippen LogP contribution >= 0.6 is 0 Å². The maximum absolute atomic E-state index is 12.3. The predicted octanol–water partition coefficient (Wildman–Crippen LogP) is 2.36. The van der Waals surface area contributed by atoms with Crippen LogP contribution in [0, 0.1) is 0 Å². The molecule has 1 aromatic carbocycles. The van der Waals surface area contributed by atoms with E-state index in [1.165, 1.54) is 26.4 Å². The minimum atomic E-state index is -0.553. The van der Waals surface area contributed by atoms with Gasteiger partial charge in [0.15, 0.2) is 18.1 Å². The summed E-state index contributed by atoms with van der Waals surface area (Å²) in [4.78, 5) is 25.0. The fourth-order valence-corrected chi connectivity index (χ4v) is 2.99. The molecule has 0 bridgehead atoms. The highest BCUT2D eigenvalue weighted by Gasteiger charge is 2.20. The smallest absolute Gasteiger partial charge is 0.255 e. The monoisotopic (exact) mass is 346 g/mol. The van der Waals surface area contributed by atoms with Gasteiger partial charge in [0.05, 0.1) is 7.11 Å². The van der Waals surface area contributed by atoms with E-state index in [-0.39, 0.29) is 12.5 Å². The second-order valence-electron chi connectivity index (χ2n) is 6.24. The number of methoxy groups -OCH3 is 1. The first-order valence-electron chi connectivity index (χ1n) is 8.55. The summed E-state index contributed by atoms with van der Waals surface area (Å²) >= 11 is 0. The van der Waals surface area contributed by atoms with Gasteiger partial charge in [0, 0.05) is 19.2 Å². The fraction of sp³-hybridized carbons (Fsp3) is 0.474. The van der Waals surface area contributed by atoms with Gasteiger partial charge in [0.1, 0.15) is 0 Å². The lowest BCUT2D eigenvalue weighted by atomic mass is 9.94. The lowest BCUT2D eigenvalue weighted by Gasteiger charge is -2.30. The van der Waals surface area contributed by atoms with Crippen LogP contribution in [0.4, 0.5) is 0 Å². The van der Waals surface area contributed by atoms with Gasteiger partial charge < -0.3 is 20.1 Å². The fourth-order valence-electron chi connectivity index (χ4n) is 2.99. The van der Waals surface area contributed by atoms with Crippen LogP contribution in [0.15, 0.2) is 24.3 Å². The third-order valence-corrected chi connectivity index (χ3v) is 4.45. The Kier molecular flexibility index (Phi) is 6.86. The van der Waals surface area contributed by atoms with E-state index < -0.39 is 5.91 Å². The second kappa shape index (κ2) is 9.11. The number of nitrogens with zero attached hydrogens (tertiary/aromatic N) is 1. The van der Waals surface area contributed by atoms with Crippen LogP contribution in [0.1, 0.15) is 37.7 Å². The van der Waals surface area contributed by atoms with Crippen molar-refractivity contribution in [3.63, 3.8) is 0 Å². The minimum absolute atomic E-state index is 0.0000724. The van der Waals surface area contributed by atoms with Crippen LogP contribution in [0.5, 0.6) is 11.5 Å². The maximum Gasteiger partial charge on any atom is 0.255 e. The Morgan fingerprint density at radius 3 is 2.60 bits per heavy atom. The number of carbonyl (C=O) groups is 2. The SMILES string of the molecule is COc1cc(C=CC(=O)N(C)C2CCCCC2)ccc1OCC(N)=O. The Morgan fingerprint density at radius 1 is 1.24 bits per heavy atom. The van der Waals surface area contributed by atoms with Crippen LogP contribution in [0.2, 0.25) is 0 Å². The third kappa shape index (κ3) is 5.52. The van der Waals surface area contributed by atoms with Crippen LogP contribution < -0.4 is 15.2 Å². The van der Waals surface area contributed by atoms with Crippen LogP contribution in [-0.4, -0.2) is 43.5 Å². The summed E-state index contributed by atoms with van der Waals surface area (Å²) in [7, 11) is 3.38. The van der Waals surface area contributed by atoms with Gasteiger partial charge in [-0.1, -0.05) is 25.3 Å². The van der Waals surface area contributed by atoms with Gasteiger partial charge >= 0.3 is 0 Å². The normalized spacial score (nSPS) is 15.1. The van der Waals surface area contributed by atoms with Crippen molar-refractivity contribution in [1.82, 2.24) is 4.90 Å². The zero-order valence-electron chi connectivity index (χ0n) is 14.9. The summed E-state index contributed by atoms with van der Waals surface area (Å²) in [6, 6.07) is 5.57. The first-order chi connectivity index (χ1) is 12.0. The Morgan fingerprint density at radius 2 is 1.96 bits per heavy atom. The lowest BCUT2D eigenvalue weighted by molar-refractivity contribution is -0.127. The number of nitrogens with two attached hydrogens (primary N) is 1. The molecule has 1 fully saturated rings. The molecule has 6 nitrogen and oxygen atoms in total. The van der Waals surface area contributed by atoms with Gasteiger partial charge in [-0.3, -0.25) is 9.59 Å². The van der Waals surface area contributed by atoms with Crippen molar-refractivity contribution in [3.05, 3.63) is 29.8 Å². The first-order valence-corrected chi connectivity index (χ1v) is 8.55. The zero-order valence-corrected chi connectivity index (χ0v) is 14.9. The molecule has 0 heterocycles. The van der Waals surface area contributed by atoms with E-state index in [4.69, 9.17) is 15.2 Å². The van der Waals surface area contributed by atoms with Crippen molar-refractivity contribution in [1.29, 1.82) is 0 Å². The molecule has 0 unspecified atom stereocenters. The number of rotatable bonds is 7. The van der Waals surface area contributed by atoms with Gasteiger partial charge in [-0.15, -0.1) is 0 Å². The van der Waals surface area contributed by atoms with Gasteiger partial charge in [-0.25, -0.2) is 0 Å². The van der Waals surface area contributed by atoms with E-state index >= 15 is 0 Å². The lowest BCUT2D eigenvalue weighted by Crippen LogP contribution is -2.37. The van der Waals surface area contributed by atoms with Crippen LogP contribution in [0.3, 0.4) is 0 Å². The number of benzene rings is 1. The average molecular weight is 346 g/mol. The molecular weight excluding hydrogens is 320 g/mol. The summed E-state index contributed by atoms with van der Waals surface area (Å²) in [5, 5.41) is 0. The van der Waals surface area contributed by atoms with Crippen molar-refractivity contribution in [2.24, 2.45) is 5.73 Å². The maximum atomic E-state index is 12.3. The highest BCUT2D eigenvalue weighted by atomic mass is 16.5. The molecule has 6 heteroatoms. The molecule has 2 N–H and O–H groups in total. The number of primary amides is 1. The van der Waals surface area contributed by atoms with Gasteiger partial charge in [0.25, 0.3) is 5.91 Å². The number of amides is 2. The van der Waals surface area contributed by atoms with Crippen LogP contribution in [0.25, 0.3) is 6.08 Å². The summed E-state index contributed by atoms with van der Waals surface area (Å²) in [6.07, 6.45) is 9.13. The molecule has 0 aromatic heterocycles. The quantitative estimate of drug-likeness (QED) is 0.769. The summed E-state index contributed by atoms with van der Waals surface area (Å²) in [5.41, 5.74) is 5.89. The molecular formula is C19H26N2O4. The summed E-state index contributed by atoms with van der Waals surface area (Å²) < 4.78 is 10.6. The second-order valence-corrected chi connectivity index (χ2v) is 6.24. The van der Waals surface area contributed by atoms with Crippen molar-refractivity contribution in [2.45, 2.75) is 38.1 Å². The highest BCUT2D eigenvalue weighted by molar-refractivity contribution is 5.91. The number of likely N-dealkylation sites (N-methyl/N-ethyl adjacent to an activating group) is 1. The Bertz CT molecular complexity index is 636. The molecule has 1 aliphatic rings. The van der Waals surface area contributed by atoms with Crippen molar-refractivity contribution < 1.29 is 19.1 Å². The summed E-state index contributed by atoms with van der Waals surface area (Å²) in [5.74, 6) is 0.364. The van der Waals surface area contributed by atoms with Crippen molar-refractivity contribution in [3.8, 4) is 11.5 Å². The number of carbonyl (C=O) groups excluding carboxylic acids is 2. The van der Waals surface area contributed by atoms with Gasteiger partial charge in [0.2, 0.25) is 5.91 Å². The molecule has 1 saturated carbocycles. The molecule has 1 aromatic rings. The molecule has 0 atom stereocenters. The minimum Gasteiger partial charge on any atom is -0.493 e. The molecule has 136 valence electrons. The molecule has 0 saturated heterocycles. The van der Waals surface area contributed by atoms with Crippen LogP contribution in [-0.2, 0) is 9.59 Å². The zero-order chi connectivity index (χ0) is 18.2. The van der Waals surface area contributed by atoms with Crippen molar-refractivity contribution >= 4 is 17.9 Å². The van der Waals surface area contributed by atoms with Gasteiger partial charge in [-0.2, -0.15) is 0 Å². The number of hydrogen-bond donors (Lipinski definition) is 1. The third-order valence-electron chi connectivity index (χ3n) is 4.45. The molecule has 25 heavy (non-hydrogen) atoms. The van der Waals surface area contributed by atoms with E-state index in [1.54, 1.807) is 30.4 Å². The Labute approximate surface area is 148 Å². The number of ether oxygens (including phenoxy) is 2. The predicted molar refractivity (Wildman–Crippen MR) is 96.4 cm³/mol. The van der Waals surface area contributed by atoms with E-state index in [0.717, 1.165) is 18.4 Å². The molecule has 2 rings (SSSR count). The summed E-state index contributed by atoms with van der Waals surface area (Å²) in [6.45, 7) is -0.212. The first kappa shape index (κ1) is 18.8.